The quantitative estimate of drug-likeness (QED) is 0.480. The van der Waals surface area contributed by atoms with E-state index in [1.807, 2.05) is 13.8 Å². The van der Waals surface area contributed by atoms with Gasteiger partial charge in [-0.2, -0.15) is 0 Å². The highest BCUT2D eigenvalue weighted by atomic mass is 79.9. The van der Waals surface area contributed by atoms with E-state index in [4.69, 9.17) is 10.6 Å². The van der Waals surface area contributed by atoms with Crippen molar-refractivity contribution in [3.8, 4) is 0 Å². The van der Waals surface area contributed by atoms with E-state index in [1.165, 1.54) is 12.1 Å². The van der Waals surface area contributed by atoms with E-state index in [2.05, 4.69) is 21.4 Å². The molecule has 102 valence electrons. The van der Waals surface area contributed by atoms with Crippen LogP contribution >= 0.6 is 15.9 Å². The normalized spacial score (nSPS) is 13.1. The summed E-state index contributed by atoms with van der Waals surface area (Å²) in [5, 5.41) is 0. The van der Waals surface area contributed by atoms with E-state index >= 15 is 0 Å². The molecule has 0 heterocycles. The van der Waals surface area contributed by atoms with E-state index in [0.717, 1.165) is 0 Å². The van der Waals surface area contributed by atoms with E-state index < -0.39 is 11.6 Å². The first-order chi connectivity index (χ1) is 8.45. The standard InChI is InChI=1S/C12H17BrF2N2O/c1-7(2)18-6-8(17-16)5-9-11(14)4-3-10(13)12(9)15/h3-4,7-8,17H,5-6,16H2,1-2H3. The summed E-state index contributed by atoms with van der Waals surface area (Å²) in [5.41, 5.74) is 2.51. The molecule has 0 amide bonds. The van der Waals surface area contributed by atoms with Gasteiger partial charge in [0.1, 0.15) is 11.6 Å². The van der Waals surface area contributed by atoms with Gasteiger partial charge in [0.2, 0.25) is 0 Å². The minimum atomic E-state index is -0.597. The molecule has 1 aromatic rings. The first-order valence-corrected chi connectivity index (χ1v) is 6.45. The molecular formula is C12H17BrF2N2O. The first-order valence-electron chi connectivity index (χ1n) is 5.65. The smallest absolute Gasteiger partial charge is 0.143 e. The molecule has 0 aromatic heterocycles. The lowest BCUT2D eigenvalue weighted by molar-refractivity contribution is 0.0610. The van der Waals surface area contributed by atoms with Crippen molar-refractivity contribution >= 4 is 15.9 Å². The van der Waals surface area contributed by atoms with Crippen molar-refractivity contribution in [1.82, 2.24) is 5.43 Å². The Labute approximate surface area is 114 Å². The molecule has 6 heteroatoms. The second kappa shape index (κ2) is 7.13. The van der Waals surface area contributed by atoms with E-state index in [9.17, 15) is 8.78 Å². The van der Waals surface area contributed by atoms with Gasteiger partial charge < -0.3 is 4.74 Å². The van der Waals surface area contributed by atoms with E-state index in [-0.39, 0.29) is 28.6 Å². The zero-order valence-electron chi connectivity index (χ0n) is 10.3. The molecule has 0 spiro atoms. The highest BCUT2D eigenvalue weighted by Gasteiger charge is 2.17. The molecule has 1 rings (SSSR count). The van der Waals surface area contributed by atoms with Gasteiger partial charge in [-0.15, -0.1) is 0 Å². The number of halogens is 3. The Balaban J connectivity index is 2.78. The lowest BCUT2D eigenvalue weighted by Gasteiger charge is -2.18. The maximum absolute atomic E-state index is 13.8. The maximum atomic E-state index is 13.8. The second-order valence-corrected chi connectivity index (χ2v) is 5.13. The summed E-state index contributed by atoms with van der Waals surface area (Å²) in [4.78, 5) is 0. The molecule has 0 aliphatic rings. The monoisotopic (exact) mass is 322 g/mol. The van der Waals surface area contributed by atoms with Crippen molar-refractivity contribution in [2.24, 2.45) is 5.84 Å². The van der Waals surface area contributed by atoms with Gasteiger partial charge in [-0.3, -0.25) is 11.3 Å². The summed E-state index contributed by atoms with van der Waals surface area (Å²) in [6, 6.07) is 2.22. The fourth-order valence-electron chi connectivity index (χ4n) is 1.48. The van der Waals surface area contributed by atoms with Gasteiger partial charge in [-0.1, -0.05) is 0 Å². The minimum absolute atomic E-state index is 0.000295. The summed E-state index contributed by atoms with van der Waals surface area (Å²) >= 11 is 3.03. The molecule has 0 aliphatic heterocycles. The summed E-state index contributed by atoms with van der Waals surface area (Å²) in [5.74, 6) is 4.18. The second-order valence-electron chi connectivity index (χ2n) is 4.27. The number of hydrogen-bond donors (Lipinski definition) is 2. The Morgan fingerprint density at radius 3 is 2.61 bits per heavy atom. The van der Waals surface area contributed by atoms with Gasteiger partial charge in [0.05, 0.1) is 17.2 Å². The number of ether oxygens (including phenoxy) is 1. The van der Waals surface area contributed by atoms with E-state index in [0.29, 0.717) is 6.61 Å². The van der Waals surface area contributed by atoms with Gasteiger partial charge in [0.25, 0.3) is 0 Å². The third-order valence-electron chi connectivity index (χ3n) is 2.46. The van der Waals surface area contributed by atoms with E-state index in [1.54, 1.807) is 0 Å². The number of nitrogens with one attached hydrogen (secondary N) is 1. The molecule has 1 atom stereocenters. The zero-order chi connectivity index (χ0) is 13.7. The molecule has 0 saturated carbocycles. The van der Waals surface area contributed by atoms with Crippen LogP contribution in [0.3, 0.4) is 0 Å². The van der Waals surface area contributed by atoms with Crippen molar-refractivity contribution in [2.75, 3.05) is 6.61 Å². The van der Waals surface area contributed by atoms with Crippen LogP contribution in [0.15, 0.2) is 16.6 Å². The summed E-state index contributed by atoms with van der Waals surface area (Å²) < 4.78 is 32.9. The highest BCUT2D eigenvalue weighted by Crippen LogP contribution is 2.22. The fraction of sp³-hybridized carbons (Fsp3) is 0.500. The van der Waals surface area contributed by atoms with Crippen LogP contribution in [-0.2, 0) is 11.2 Å². The number of rotatable bonds is 6. The fourth-order valence-corrected chi connectivity index (χ4v) is 1.85. The van der Waals surface area contributed by atoms with Crippen LogP contribution in [0.4, 0.5) is 8.78 Å². The number of hydrogen-bond acceptors (Lipinski definition) is 3. The van der Waals surface area contributed by atoms with Gasteiger partial charge >= 0.3 is 0 Å². The Kier molecular flexibility index (Phi) is 6.14. The highest BCUT2D eigenvalue weighted by molar-refractivity contribution is 9.10. The average molecular weight is 323 g/mol. The average Bonchev–Trinajstić information content (AvgIpc) is 2.33. The zero-order valence-corrected chi connectivity index (χ0v) is 11.9. The summed E-state index contributed by atoms with van der Waals surface area (Å²) in [6.07, 6.45) is 0.165. The van der Waals surface area contributed by atoms with Gasteiger partial charge in [0.15, 0.2) is 0 Å². The third kappa shape index (κ3) is 4.28. The molecule has 3 N–H and O–H groups in total. The molecule has 1 unspecified atom stereocenters. The molecular weight excluding hydrogens is 306 g/mol. The molecule has 18 heavy (non-hydrogen) atoms. The first kappa shape index (κ1) is 15.5. The predicted molar refractivity (Wildman–Crippen MR) is 70.0 cm³/mol. The molecule has 0 bridgehead atoms. The molecule has 0 aliphatic carbocycles. The Hall–Kier alpha value is -0.560. The van der Waals surface area contributed by atoms with Crippen LogP contribution in [0.25, 0.3) is 0 Å². The van der Waals surface area contributed by atoms with Crippen LogP contribution < -0.4 is 11.3 Å². The van der Waals surface area contributed by atoms with Gasteiger partial charge in [-0.05, 0) is 48.3 Å². The van der Waals surface area contributed by atoms with Crippen molar-refractivity contribution in [3.05, 3.63) is 33.8 Å². The number of hydrazine groups is 1. The lowest BCUT2D eigenvalue weighted by Crippen LogP contribution is -2.41. The van der Waals surface area contributed by atoms with Crippen molar-refractivity contribution in [3.63, 3.8) is 0 Å². The van der Waals surface area contributed by atoms with Crippen molar-refractivity contribution in [2.45, 2.75) is 32.4 Å². The van der Waals surface area contributed by atoms with Crippen LogP contribution in [-0.4, -0.2) is 18.8 Å². The van der Waals surface area contributed by atoms with Gasteiger partial charge in [0, 0.05) is 11.6 Å². The SMILES string of the molecule is CC(C)OCC(Cc1c(F)ccc(Br)c1F)NN. The third-order valence-corrected chi connectivity index (χ3v) is 3.07. The van der Waals surface area contributed by atoms with Crippen LogP contribution in [0, 0.1) is 11.6 Å². The Morgan fingerprint density at radius 1 is 1.39 bits per heavy atom. The predicted octanol–water partition coefficient (Wildman–Crippen LogP) is 2.53. The van der Waals surface area contributed by atoms with Crippen LogP contribution in [0.2, 0.25) is 0 Å². The summed E-state index contributed by atoms with van der Waals surface area (Å²) in [7, 11) is 0. The largest absolute Gasteiger partial charge is 0.377 e. The van der Waals surface area contributed by atoms with Crippen LogP contribution in [0.5, 0.6) is 0 Å². The maximum Gasteiger partial charge on any atom is 0.143 e. The topological polar surface area (TPSA) is 47.3 Å². The minimum Gasteiger partial charge on any atom is -0.377 e. The molecule has 0 fully saturated rings. The Bertz CT molecular complexity index is 402. The Morgan fingerprint density at radius 2 is 2.06 bits per heavy atom. The summed E-state index contributed by atoms with van der Waals surface area (Å²) in [6.45, 7) is 4.06. The number of benzene rings is 1. The van der Waals surface area contributed by atoms with Crippen LogP contribution in [0.1, 0.15) is 19.4 Å². The van der Waals surface area contributed by atoms with Gasteiger partial charge in [-0.25, -0.2) is 8.78 Å². The molecule has 1 aromatic carbocycles. The lowest BCUT2D eigenvalue weighted by atomic mass is 10.1. The van der Waals surface area contributed by atoms with Crippen molar-refractivity contribution < 1.29 is 13.5 Å². The van der Waals surface area contributed by atoms with Crippen molar-refractivity contribution in [1.29, 1.82) is 0 Å². The molecule has 0 radical (unpaired) electrons. The number of nitrogens with two attached hydrogens (primary N) is 1. The molecule has 0 saturated heterocycles. The molecule has 3 nitrogen and oxygen atoms in total.